The van der Waals surface area contributed by atoms with Crippen molar-refractivity contribution in [3.63, 3.8) is 0 Å². The number of nitrogens with two attached hydrogens (primary N) is 1. The largest absolute Gasteiger partial charge is 0.497 e. The Hall–Kier alpha value is -2.01. The quantitative estimate of drug-likeness (QED) is 0.862. The van der Waals surface area contributed by atoms with Gasteiger partial charge in [-0.15, -0.1) is 17.9 Å². The SMILES string of the molecule is C=CCN(C(=O)c1sc2cc(OC)ccc2c1N)C1CC1. The fourth-order valence-corrected chi connectivity index (χ4v) is 3.54. The van der Waals surface area contributed by atoms with Gasteiger partial charge in [0.05, 0.1) is 12.8 Å². The van der Waals surface area contributed by atoms with Gasteiger partial charge >= 0.3 is 0 Å². The van der Waals surface area contributed by atoms with Gasteiger partial charge in [0.25, 0.3) is 5.91 Å². The van der Waals surface area contributed by atoms with Crippen molar-refractivity contribution in [2.75, 3.05) is 19.4 Å². The maximum Gasteiger partial charge on any atom is 0.266 e. The zero-order valence-electron chi connectivity index (χ0n) is 12.0. The standard InChI is InChI=1S/C16H18N2O2S/c1-3-8-18(10-4-5-10)16(19)15-14(17)12-7-6-11(20-2)9-13(12)21-15/h3,6-7,9-10H,1,4-5,8,17H2,2H3. The minimum absolute atomic E-state index is 0.00932. The van der Waals surface area contributed by atoms with E-state index in [9.17, 15) is 4.79 Å². The number of hydrogen-bond acceptors (Lipinski definition) is 4. The molecule has 1 aromatic heterocycles. The number of amides is 1. The van der Waals surface area contributed by atoms with Crippen molar-refractivity contribution in [2.45, 2.75) is 18.9 Å². The van der Waals surface area contributed by atoms with Crippen LogP contribution in [-0.4, -0.2) is 30.5 Å². The summed E-state index contributed by atoms with van der Waals surface area (Å²) < 4.78 is 6.20. The smallest absolute Gasteiger partial charge is 0.266 e. The number of thiophene rings is 1. The van der Waals surface area contributed by atoms with Crippen molar-refractivity contribution in [3.8, 4) is 5.75 Å². The number of carbonyl (C=O) groups excluding carboxylic acids is 1. The molecular weight excluding hydrogens is 284 g/mol. The normalized spacial score (nSPS) is 14.1. The number of nitrogen functional groups attached to an aromatic ring is 1. The third-order valence-electron chi connectivity index (χ3n) is 3.70. The molecular formula is C16H18N2O2S. The maximum atomic E-state index is 12.7. The number of rotatable bonds is 5. The Morgan fingerprint density at radius 3 is 2.95 bits per heavy atom. The molecule has 1 aromatic carbocycles. The van der Waals surface area contributed by atoms with Crippen LogP contribution in [0.5, 0.6) is 5.75 Å². The molecule has 110 valence electrons. The van der Waals surface area contributed by atoms with Crippen LogP contribution >= 0.6 is 11.3 Å². The first-order valence-electron chi connectivity index (χ1n) is 6.93. The molecule has 1 fully saturated rings. The van der Waals surface area contributed by atoms with Gasteiger partial charge in [0.2, 0.25) is 0 Å². The average molecular weight is 302 g/mol. The van der Waals surface area contributed by atoms with Gasteiger partial charge in [0, 0.05) is 22.7 Å². The second-order valence-electron chi connectivity index (χ2n) is 5.18. The first-order chi connectivity index (χ1) is 10.2. The molecule has 0 unspecified atom stereocenters. The van der Waals surface area contributed by atoms with Crippen molar-refractivity contribution in [1.82, 2.24) is 4.90 Å². The predicted octanol–water partition coefficient (Wildman–Crippen LogP) is 3.28. The highest BCUT2D eigenvalue weighted by Crippen LogP contribution is 2.38. The number of hydrogen-bond donors (Lipinski definition) is 1. The first-order valence-corrected chi connectivity index (χ1v) is 7.75. The minimum atomic E-state index is 0.00932. The Bertz CT molecular complexity index is 704. The molecule has 3 rings (SSSR count). The van der Waals surface area contributed by atoms with Gasteiger partial charge < -0.3 is 15.4 Å². The van der Waals surface area contributed by atoms with Crippen LogP contribution in [0.3, 0.4) is 0 Å². The summed E-state index contributed by atoms with van der Waals surface area (Å²) in [6.07, 6.45) is 3.90. The minimum Gasteiger partial charge on any atom is -0.497 e. The molecule has 21 heavy (non-hydrogen) atoms. The third-order valence-corrected chi connectivity index (χ3v) is 4.86. The van der Waals surface area contributed by atoms with Gasteiger partial charge in [-0.3, -0.25) is 4.79 Å². The number of ether oxygens (including phenoxy) is 1. The van der Waals surface area contributed by atoms with Crippen LogP contribution in [0.2, 0.25) is 0 Å². The summed E-state index contributed by atoms with van der Waals surface area (Å²) >= 11 is 1.43. The highest BCUT2D eigenvalue weighted by Gasteiger charge is 2.33. The van der Waals surface area contributed by atoms with Gasteiger partial charge in [-0.25, -0.2) is 0 Å². The predicted molar refractivity (Wildman–Crippen MR) is 87.0 cm³/mol. The zero-order valence-corrected chi connectivity index (χ0v) is 12.8. The lowest BCUT2D eigenvalue weighted by atomic mass is 10.2. The Balaban J connectivity index is 2.00. The topological polar surface area (TPSA) is 55.6 Å². The Kier molecular flexibility index (Phi) is 3.59. The molecule has 4 nitrogen and oxygen atoms in total. The maximum absolute atomic E-state index is 12.7. The Morgan fingerprint density at radius 1 is 1.57 bits per heavy atom. The summed E-state index contributed by atoms with van der Waals surface area (Å²) in [6.45, 7) is 4.31. The highest BCUT2D eigenvalue weighted by atomic mass is 32.1. The number of nitrogens with zero attached hydrogens (tertiary/aromatic N) is 1. The van der Waals surface area contributed by atoms with E-state index in [0.29, 0.717) is 23.2 Å². The highest BCUT2D eigenvalue weighted by molar-refractivity contribution is 7.21. The summed E-state index contributed by atoms with van der Waals surface area (Å²) in [6, 6.07) is 6.03. The van der Waals surface area contributed by atoms with Crippen molar-refractivity contribution in [2.24, 2.45) is 0 Å². The number of methoxy groups -OCH3 is 1. The monoisotopic (exact) mass is 302 g/mol. The van der Waals surface area contributed by atoms with Gasteiger partial charge in [-0.05, 0) is 31.0 Å². The van der Waals surface area contributed by atoms with Crippen LogP contribution in [-0.2, 0) is 0 Å². The van der Waals surface area contributed by atoms with Crippen LogP contribution in [0.4, 0.5) is 5.69 Å². The fourth-order valence-electron chi connectivity index (χ4n) is 2.44. The molecule has 0 saturated heterocycles. The molecule has 1 aliphatic carbocycles. The fraction of sp³-hybridized carbons (Fsp3) is 0.312. The van der Waals surface area contributed by atoms with Crippen LogP contribution < -0.4 is 10.5 Å². The van der Waals surface area contributed by atoms with E-state index in [2.05, 4.69) is 6.58 Å². The number of benzene rings is 1. The van der Waals surface area contributed by atoms with Crippen molar-refractivity contribution >= 4 is 33.0 Å². The molecule has 2 aromatic rings. The van der Waals surface area contributed by atoms with E-state index in [-0.39, 0.29) is 5.91 Å². The molecule has 5 heteroatoms. The number of carbonyl (C=O) groups is 1. The van der Waals surface area contributed by atoms with E-state index >= 15 is 0 Å². The van der Waals surface area contributed by atoms with E-state index in [4.69, 9.17) is 10.5 Å². The first kappa shape index (κ1) is 13.9. The molecule has 0 aliphatic heterocycles. The molecule has 2 N–H and O–H groups in total. The summed E-state index contributed by atoms with van der Waals surface area (Å²) in [5.41, 5.74) is 6.75. The molecule has 0 bridgehead atoms. The summed E-state index contributed by atoms with van der Waals surface area (Å²) in [5, 5.41) is 0.915. The van der Waals surface area contributed by atoms with Gasteiger partial charge in [0.1, 0.15) is 10.6 Å². The molecule has 0 spiro atoms. The molecule has 1 amide bonds. The summed E-state index contributed by atoms with van der Waals surface area (Å²) in [4.78, 5) is 15.2. The van der Waals surface area contributed by atoms with Crippen molar-refractivity contribution in [1.29, 1.82) is 0 Å². The lowest BCUT2D eigenvalue weighted by Crippen LogP contribution is -2.33. The van der Waals surface area contributed by atoms with Gasteiger partial charge in [-0.2, -0.15) is 0 Å². The van der Waals surface area contributed by atoms with E-state index in [1.807, 2.05) is 23.1 Å². The van der Waals surface area contributed by atoms with Crippen LogP contribution in [0.1, 0.15) is 22.5 Å². The summed E-state index contributed by atoms with van der Waals surface area (Å²) in [5.74, 6) is 0.781. The third kappa shape index (κ3) is 2.49. The number of fused-ring (bicyclic) bond motifs is 1. The second-order valence-corrected chi connectivity index (χ2v) is 6.24. The van der Waals surface area contributed by atoms with E-state index < -0.39 is 0 Å². The van der Waals surface area contributed by atoms with E-state index in [1.165, 1.54) is 11.3 Å². The lowest BCUT2D eigenvalue weighted by Gasteiger charge is -2.20. The lowest BCUT2D eigenvalue weighted by molar-refractivity contribution is 0.0768. The number of anilines is 1. The average Bonchev–Trinajstić information content (AvgIpc) is 3.28. The molecule has 0 atom stereocenters. The molecule has 0 radical (unpaired) electrons. The molecule has 1 aliphatic rings. The van der Waals surface area contributed by atoms with Crippen LogP contribution in [0.25, 0.3) is 10.1 Å². The zero-order chi connectivity index (χ0) is 15.0. The van der Waals surface area contributed by atoms with Gasteiger partial charge in [-0.1, -0.05) is 6.08 Å². The van der Waals surface area contributed by atoms with Crippen molar-refractivity contribution in [3.05, 3.63) is 35.7 Å². The van der Waals surface area contributed by atoms with Crippen molar-refractivity contribution < 1.29 is 9.53 Å². The molecule has 1 saturated carbocycles. The van der Waals surface area contributed by atoms with E-state index in [0.717, 1.165) is 28.7 Å². The summed E-state index contributed by atoms with van der Waals surface area (Å²) in [7, 11) is 1.63. The molecule has 1 heterocycles. The van der Waals surface area contributed by atoms with Gasteiger partial charge in [0.15, 0.2) is 0 Å². The van der Waals surface area contributed by atoms with Crippen LogP contribution in [0, 0.1) is 0 Å². The Morgan fingerprint density at radius 2 is 2.33 bits per heavy atom. The Labute approximate surface area is 127 Å². The second kappa shape index (κ2) is 5.41. The van der Waals surface area contributed by atoms with Crippen LogP contribution in [0.15, 0.2) is 30.9 Å². The van der Waals surface area contributed by atoms with E-state index in [1.54, 1.807) is 13.2 Å².